The molecule has 0 spiro atoms. The molecule has 0 aliphatic carbocycles. The second kappa shape index (κ2) is 6.74. The molecule has 0 aliphatic heterocycles. The number of fused-ring (bicyclic) bond motifs is 3. The van der Waals surface area contributed by atoms with Crippen molar-refractivity contribution in [2.24, 2.45) is 14.1 Å². The van der Waals surface area contributed by atoms with E-state index in [1.165, 1.54) is 16.3 Å². The minimum atomic E-state index is 0.800. The minimum absolute atomic E-state index is 0.800. The number of aryl methyl sites for hydroxylation is 3. The normalized spacial score (nSPS) is 11.3. The summed E-state index contributed by atoms with van der Waals surface area (Å²) in [6.07, 6.45) is 2.07. The molecule has 5 aromatic rings. The van der Waals surface area contributed by atoms with Crippen molar-refractivity contribution in [3.63, 3.8) is 0 Å². The van der Waals surface area contributed by atoms with E-state index in [4.69, 9.17) is 4.74 Å². The van der Waals surface area contributed by atoms with Crippen LogP contribution in [0.5, 0.6) is 11.6 Å². The van der Waals surface area contributed by atoms with E-state index < -0.39 is 0 Å². The summed E-state index contributed by atoms with van der Waals surface area (Å²) in [4.78, 5) is 0. The van der Waals surface area contributed by atoms with E-state index in [1.54, 1.807) is 0 Å². The summed E-state index contributed by atoms with van der Waals surface area (Å²) in [6, 6.07) is 27.1. The van der Waals surface area contributed by atoms with Gasteiger partial charge in [0.25, 0.3) is 11.7 Å². The first-order chi connectivity index (χ1) is 14.1. The number of benzene rings is 2. The van der Waals surface area contributed by atoms with E-state index >= 15 is 0 Å². The number of hydrogen-bond acceptors (Lipinski definition) is 1. The molecule has 4 heteroatoms. The molecular formula is C25H23N3O+2. The third-order valence-electron chi connectivity index (χ3n) is 5.49. The van der Waals surface area contributed by atoms with Crippen molar-refractivity contribution in [3.8, 4) is 17.4 Å². The highest BCUT2D eigenvalue weighted by Gasteiger charge is 2.26. The van der Waals surface area contributed by atoms with Gasteiger partial charge in [0.05, 0.1) is 25.7 Å². The van der Waals surface area contributed by atoms with Crippen LogP contribution in [0, 0.1) is 6.92 Å². The van der Waals surface area contributed by atoms with E-state index in [0.717, 1.165) is 28.7 Å². The number of pyridine rings is 2. The molecule has 5 rings (SSSR count). The zero-order valence-corrected chi connectivity index (χ0v) is 16.8. The second-order valence-corrected chi connectivity index (χ2v) is 7.36. The largest absolute Gasteiger partial charge is 0.423 e. The Balaban J connectivity index is 1.82. The van der Waals surface area contributed by atoms with Gasteiger partial charge in [-0.25, -0.2) is 4.57 Å². The molecule has 0 saturated carbocycles. The number of para-hydroxylation sites is 2. The fraction of sp³-hybridized carbons (Fsp3) is 0.120. The number of nitrogens with zero attached hydrogens (tertiary/aromatic N) is 3. The summed E-state index contributed by atoms with van der Waals surface area (Å²) >= 11 is 0. The summed E-state index contributed by atoms with van der Waals surface area (Å²) in [6.45, 7) is 2.06. The monoisotopic (exact) mass is 381 g/mol. The summed E-state index contributed by atoms with van der Waals surface area (Å²) < 4.78 is 12.9. The molecule has 4 nitrogen and oxygen atoms in total. The molecule has 0 unspecified atom stereocenters. The van der Waals surface area contributed by atoms with Gasteiger partial charge in [-0.05, 0) is 42.8 Å². The quantitative estimate of drug-likeness (QED) is 0.421. The van der Waals surface area contributed by atoms with Crippen molar-refractivity contribution >= 4 is 21.9 Å². The van der Waals surface area contributed by atoms with Crippen molar-refractivity contribution in [3.05, 3.63) is 90.6 Å². The molecule has 0 aliphatic rings. The maximum Gasteiger partial charge on any atom is 0.300 e. The van der Waals surface area contributed by atoms with Gasteiger partial charge in [0.15, 0.2) is 0 Å². The predicted molar refractivity (Wildman–Crippen MR) is 114 cm³/mol. The Morgan fingerprint density at radius 1 is 0.759 bits per heavy atom. The highest BCUT2D eigenvalue weighted by atomic mass is 16.5. The van der Waals surface area contributed by atoms with Gasteiger partial charge < -0.3 is 4.74 Å². The van der Waals surface area contributed by atoms with E-state index in [0.29, 0.717) is 0 Å². The van der Waals surface area contributed by atoms with E-state index in [9.17, 15) is 0 Å². The summed E-state index contributed by atoms with van der Waals surface area (Å²) in [5, 5.41) is 2.42. The lowest BCUT2D eigenvalue weighted by molar-refractivity contribution is -0.669. The standard InChI is InChI=1S/C25H23N3O/c1-18-10-4-7-13-22(18)29-24-16-15-20-19-11-5-6-12-21(19)28(25(20)27(24)3)23-14-8-9-17-26(23)2/h4-17H,1-3H3/q+2. The molecule has 2 aromatic carbocycles. The minimum Gasteiger partial charge on any atom is -0.423 e. The van der Waals surface area contributed by atoms with Crippen LogP contribution in [0.1, 0.15) is 5.56 Å². The fourth-order valence-corrected chi connectivity index (χ4v) is 3.98. The second-order valence-electron chi connectivity index (χ2n) is 7.36. The van der Waals surface area contributed by atoms with Crippen LogP contribution in [0.4, 0.5) is 0 Å². The Morgan fingerprint density at radius 2 is 1.52 bits per heavy atom. The average Bonchev–Trinajstić information content (AvgIpc) is 3.07. The maximum absolute atomic E-state index is 6.31. The van der Waals surface area contributed by atoms with Gasteiger partial charge in [-0.1, -0.05) is 36.4 Å². The Morgan fingerprint density at radius 3 is 2.34 bits per heavy atom. The van der Waals surface area contributed by atoms with E-state index in [1.807, 2.05) is 24.3 Å². The number of aromatic nitrogens is 3. The molecule has 0 radical (unpaired) electrons. The predicted octanol–water partition coefficient (Wildman–Crippen LogP) is 4.53. The van der Waals surface area contributed by atoms with Crippen LogP contribution in [-0.2, 0) is 14.1 Å². The molecule has 0 fully saturated rings. The van der Waals surface area contributed by atoms with Crippen LogP contribution in [-0.4, -0.2) is 4.57 Å². The van der Waals surface area contributed by atoms with Crippen molar-refractivity contribution < 1.29 is 13.9 Å². The van der Waals surface area contributed by atoms with Gasteiger partial charge in [-0.2, -0.15) is 9.13 Å². The molecule has 0 bridgehead atoms. The van der Waals surface area contributed by atoms with Gasteiger partial charge in [0.1, 0.15) is 11.3 Å². The van der Waals surface area contributed by atoms with Crippen molar-refractivity contribution in [2.45, 2.75) is 6.92 Å². The molecule has 3 aromatic heterocycles. The number of ether oxygens (including phenoxy) is 1. The van der Waals surface area contributed by atoms with Crippen LogP contribution >= 0.6 is 0 Å². The van der Waals surface area contributed by atoms with Crippen LogP contribution in [0.15, 0.2) is 85.1 Å². The molecule has 0 saturated heterocycles. The van der Waals surface area contributed by atoms with Crippen LogP contribution < -0.4 is 13.9 Å². The summed E-state index contributed by atoms with van der Waals surface area (Å²) in [5.74, 6) is 2.77. The zero-order chi connectivity index (χ0) is 20.0. The molecule has 3 heterocycles. The molecule has 29 heavy (non-hydrogen) atoms. The van der Waals surface area contributed by atoms with Gasteiger partial charge >= 0.3 is 5.65 Å². The topological polar surface area (TPSA) is 21.9 Å². The Hall–Kier alpha value is -3.66. The van der Waals surface area contributed by atoms with Gasteiger partial charge in [0, 0.05) is 17.5 Å². The zero-order valence-electron chi connectivity index (χ0n) is 16.8. The SMILES string of the molecule is Cc1ccccc1Oc1ccc2c3ccccc3n(-c3cccc[n+]3C)c2[n+]1C. The van der Waals surface area contributed by atoms with Gasteiger partial charge in [-0.3, -0.25) is 0 Å². The third-order valence-corrected chi connectivity index (χ3v) is 5.49. The maximum atomic E-state index is 6.31. The van der Waals surface area contributed by atoms with Gasteiger partial charge in [0.2, 0.25) is 0 Å². The molecule has 0 N–H and O–H groups in total. The molecule has 0 atom stereocenters. The van der Waals surface area contributed by atoms with E-state index in [-0.39, 0.29) is 0 Å². The van der Waals surface area contributed by atoms with Crippen molar-refractivity contribution in [1.29, 1.82) is 0 Å². The first-order valence-corrected chi connectivity index (χ1v) is 9.76. The van der Waals surface area contributed by atoms with Crippen molar-refractivity contribution in [1.82, 2.24) is 4.57 Å². The molecule has 0 amide bonds. The van der Waals surface area contributed by atoms with Crippen LogP contribution in [0.25, 0.3) is 27.8 Å². The lowest BCUT2D eigenvalue weighted by Gasteiger charge is -2.10. The number of rotatable bonds is 3. The third kappa shape index (κ3) is 2.76. The van der Waals surface area contributed by atoms with Crippen molar-refractivity contribution in [2.75, 3.05) is 0 Å². The molecular weight excluding hydrogens is 358 g/mol. The van der Waals surface area contributed by atoms with E-state index in [2.05, 4.69) is 95.5 Å². The Kier molecular flexibility index (Phi) is 4.06. The lowest BCUT2D eigenvalue weighted by atomic mass is 10.2. The highest BCUT2D eigenvalue weighted by molar-refractivity contribution is 6.06. The highest BCUT2D eigenvalue weighted by Crippen LogP contribution is 2.31. The number of hydrogen-bond donors (Lipinski definition) is 0. The van der Waals surface area contributed by atoms with Crippen LogP contribution in [0.3, 0.4) is 0 Å². The average molecular weight is 381 g/mol. The van der Waals surface area contributed by atoms with Gasteiger partial charge in [-0.15, -0.1) is 0 Å². The Labute approximate surface area is 169 Å². The fourth-order valence-electron chi connectivity index (χ4n) is 3.98. The molecule has 142 valence electrons. The summed E-state index contributed by atoms with van der Waals surface area (Å²) in [7, 11) is 4.14. The Bertz CT molecular complexity index is 1370. The smallest absolute Gasteiger partial charge is 0.300 e. The summed E-state index contributed by atoms with van der Waals surface area (Å²) in [5.41, 5.74) is 3.38. The van der Waals surface area contributed by atoms with Crippen LogP contribution in [0.2, 0.25) is 0 Å². The first-order valence-electron chi connectivity index (χ1n) is 9.76. The lowest BCUT2D eigenvalue weighted by Crippen LogP contribution is -2.37. The first kappa shape index (κ1) is 17.4.